The van der Waals surface area contributed by atoms with Crippen LogP contribution in [0.15, 0.2) is 40.0 Å². The predicted octanol–water partition coefficient (Wildman–Crippen LogP) is 4.11. The molecule has 0 aliphatic carbocycles. The molecule has 6 nitrogen and oxygen atoms in total. The van der Waals surface area contributed by atoms with Gasteiger partial charge in [-0.3, -0.25) is 4.99 Å². The van der Waals surface area contributed by atoms with Gasteiger partial charge in [0.15, 0.2) is 11.7 Å². The van der Waals surface area contributed by atoms with Gasteiger partial charge in [-0.25, -0.2) is 4.39 Å². The third-order valence-electron chi connectivity index (χ3n) is 5.05. The monoisotopic (exact) mass is 385 g/mol. The molecule has 7 heteroatoms. The van der Waals surface area contributed by atoms with Gasteiger partial charge in [-0.1, -0.05) is 19.0 Å². The number of aliphatic imine (C=N–C) groups is 1. The summed E-state index contributed by atoms with van der Waals surface area (Å²) < 4.78 is 18.9. The maximum atomic E-state index is 13.5. The number of rotatable bonds is 8. The van der Waals surface area contributed by atoms with E-state index < -0.39 is 0 Å². The summed E-state index contributed by atoms with van der Waals surface area (Å²) in [5, 5.41) is 11.6. The third kappa shape index (κ3) is 4.71. The van der Waals surface area contributed by atoms with Crippen LogP contribution in [-0.2, 0) is 13.0 Å². The number of hydrogen-bond donors (Lipinski definition) is 3. The summed E-state index contributed by atoms with van der Waals surface area (Å²) in [6.45, 7) is 5.52. The van der Waals surface area contributed by atoms with Crippen LogP contribution >= 0.6 is 0 Å². The molecule has 0 spiro atoms. The van der Waals surface area contributed by atoms with Crippen LogP contribution in [0.1, 0.15) is 49.6 Å². The fraction of sp³-hybridized carbons (Fsp3) is 0.429. The predicted molar refractivity (Wildman–Crippen MR) is 110 cm³/mol. The lowest BCUT2D eigenvalue weighted by Crippen LogP contribution is -2.37. The Hall–Kier alpha value is -2.83. The molecule has 0 bridgehead atoms. The summed E-state index contributed by atoms with van der Waals surface area (Å²) >= 11 is 0. The molecule has 28 heavy (non-hydrogen) atoms. The summed E-state index contributed by atoms with van der Waals surface area (Å²) in [7, 11) is 1.73. The zero-order valence-corrected chi connectivity index (χ0v) is 16.7. The van der Waals surface area contributed by atoms with Gasteiger partial charge in [0.2, 0.25) is 0 Å². The summed E-state index contributed by atoms with van der Waals surface area (Å²) in [6, 6.07) is 6.80. The van der Waals surface area contributed by atoms with Crippen molar-refractivity contribution < 1.29 is 8.91 Å². The van der Waals surface area contributed by atoms with E-state index in [0.717, 1.165) is 47.2 Å². The minimum Gasteiger partial charge on any atom is -0.361 e. The van der Waals surface area contributed by atoms with Gasteiger partial charge in [0.25, 0.3) is 0 Å². The molecule has 1 aromatic carbocycles. The molecule has 0 saturated heterocycles. The Morgan fingerprint density at radius 3 is 2.82 bits per heavy atom. The summed E-state index contributed by atoms with van der Waals surface area (Å²) in [5.41, 5.74) is 3.02. The number of nitrogens with zero attached hydrogens (tertiary/aromatic N) is 2. The second-order valence-electron chi connectivity index (χ2n) is 6.84. The Bertz CT molecular complexity index is 926. The standard InChI is InChI=1S/C21H28FN5O/c1-4-14(5-2)20-11-17(28-27-20)13-26-21(23-3)24-9-8-15-12-25-19-7-6-16(22)10-18(15)19/h6-7,10-12,14,25H,4-5,8-9,13H2,1-3H3,(H2,23,24,26). The number of nitrogens with one attached hydrogen (secondary N) is 3. The zero-order chi connectivity index (χ0) is 19.9. The Kier molecular flexibility index (Phi) is 6.68. The van der Waals surface area contributed by atoms with Crippen molar-refractivity contribution in [3.63, 3.8) is 0 Å². The molecular formula is C21H28FN5O. The van der Waals surface area contributed by atoms with Crippen LogP contribution in [0.3, 0.4) is 0 Å². The van der Waals surface area contributed by atoms with Crippen molar-refractivity contribution in [2.24, 2.45) is 4.99 Å². The molecule has 0 radical (unpaired) electrons. The minimum absolute atomic E-state index is 0.224. The van der Waals surface area contributed by atoms with Crippen LogP contribution < -0.4 is 10.6 Å². The van der Waals surface area contributed by atoms with Crippen molar-refractivity contribution in [2.75, 3.05) is 13.6 Å². The van der Waals surface area contributed by atoms with Crippen molar-refractivity contribution in [3.8, 4) is 0 Å². The number of aromatic amines is 1. The van der Waals surface area contributed by atoms with Crippen LogP contribution in [-0.4, -0.2) is 29.7 Å². The first kappa shape index (κ1) is 19.9. The van der Waals surface area contributed by atoms with Crippen molar-refractivity contribution in [2.45, 2.75) is 45.6 Å². The number of aromatic nitrogens is 2. The maximum absolute atomic E-state index is 13.5. The highest BCUT2D eigenvalue weighted by Crippen LogP contribution is 2.22. The normalized spacial score (nSPS) is 12.1. The second-order valence-corrected chi connectivity index (χ2v) is 6.84. The topological polar surface area (TPSA) is 78.2 Å². The van der Waals surface area contributed by atoms with Gasteiger partial charge in [-0.15, -0.1) is 0 Å². The molecule has 2 aromatic heterocycles. The summed E-state index contributed by atoms with van der Waals surface area (Å²) in [5.74, 6) is 1.69. The first-order valence-electron chi connectivity index (χ1n) is 9.80. The van der Waals surface area contributed by atoms with E-state index in [4.69, 9.17) is 4.52 Å². The highest BCUT2D eigenvalue weighted by molar-refractivity contribution is 5.83. The molecule has 0 aliphatic heterocycles. The smallest absolute Gasteiger partial charge is 0.191 e. The van der Waals surface area contributed by atoms with Crippen LogP contribution in [0.5, 0.6) is 0 Å². The van der Waals surface area contributed by atoms with E-state index in [-0.39, 0.29) is 5.82 Å². The SMILES string of the molecule is CCC(CC)c1cc(CNC(=NC)NCCc2c[nH]c3ccc(F)cc23)on1. The molecule has 3 N–H and O–H groups in total. The van der Waals surface area contributed by atoms with E-state index >= 15 is 0 Å². The molecule has 2 heterocycles. The lowest BCUT2D eigenvalue weighted by molar-refractivity contribution is 0.368. The van der Waals surface area contributed by atoms with Crippen molar-refractivity contribution >= 4 is 16.9 Å². The van der Waals surface area contributed by atoms with Crippen LogP contribution in [0, 0.1) is 5.82 Å². The first-order chi connectivity index (χ1) is 13.6. The molecule has 0 fully saturated rings. The van der Waals surface area contributed by atoms with Crippen LogP contribution in [0.2, 0.25) is 0 Å². The van der Waals surface area contributed by atoms with Gasteiger partial charge in [0, 0.05) is 42.7 Å². The average molecular weight is 385 g/mol. The number of hydrogen-bond acceptors (Lipinski definition) is 3. The van der Waals surface area contributed by atoms with E-state index in [1.807, 2.05) is 12.3 Å². The Labute approximate surface area is 164 Å². The lowest BCUT2D eigenvalue weighted by atomic mass is 9.99. The van der Waals surface area contributed by atoms with Crippen LogP contribution in [0.4, 0.5) is 4.39 Å². The van der Waals surface area contributed by atoms with Crippen molar-refractivity contribution in [1.82, 2.24) is 20.8 Å². The first-order valence-corrected chi connectivity index (χ1v) is 9.80. The Balaban J connectivity index is 1.50. The molecule has 0 amide bonds. The number of fused-ring (bicyclic) bond motifs is 1. The van der Waals surface area contributed by atoms with E-state index in [1.165, 1.54) is 6.07 Å². The molecule has 0 saturated carbocycles. The minimum atomic E-state index is -0.224. The fourth-order valence-electron chi connectivity index (χ4n) is 3.38. The summed E-state index contributed by atoms with van der Waals surface area (Å²) in [6.07, 6.45) is 4.79. The number of benzene rings is 1. The van der Waals surface area contributed by atoms with Gasteiger partial charge in [-0.2, -0.15) is 0 Å². The fourth-order valence-corrected chi connectivity index (χ4v) is 3.38. The molecular weight excluding hydrogens is 357 g/mol. The van der Waals surface area contributed by atoms with Gasteiger partial charge >= 0.3 is 0 Å². The molecule has 150 valence electrons. The van der Waals surface area contributed by atoms with Crippen molar-refractivity contribution in [3.05, 3.63) is 53.3 Å². The van der Waals surface area contributed by atoms with Gasteiger partial charge in [-0.05, 0) is 43.0 Å². The average Bonchev–Trinajstić information content (AvgIpc) is 3.33. The zero-order valence-electron chi connectivity index (χ0n) is 16.7. The number of halogens is 1. The number of guanidine groups is 1. The van der Waals surface area contributed by atoms with E-state index in [2.05, 4.69) is 39.6 Å². The molecule has 3 rings (SSSR count). The second kappa shape index (κ2) is 9.39. The Morgan fingerprint density at radius 2 is 2.07 bits per heavy atom. The van der Waals surface area contributed by atoms with Gasteiger partial charge in [0.1, 0.15) is 5.82 Å². The van der Waals surface area contributed by atoms with Gasteiger partial charge in [0.05, 0.1) is 12.2 Å². The Morgan fingerprint density at radius 1 is 1.25 bits per heavy atom. The lowest BCUT2D eigenvalue weighted by Gasteiger charge is -2.10. The maximum Gasteiger partial charge on any atom is 0.191 e. The highest BCUT2D eigenvalue weighted by Gasteiger charge is 2.13. The van der Waals surface area contributed by atoms with Gasteiger partial charge < -0.3 is 20.1 Å². The van der Waals surface area contributed by atoms with E-state index in [9.17, 15) is 4.39 Å². The molecule has 3 aromatic rings. The molecule has 0 unspecified atom stereocenters. The highest BCUT2D eigenvalue weighted by atomic mass is 19.1. The quantitative estimate of drug-likeness (QED) is 0.403. The summed E-state index contributed by atoms with van der Waals surface area (Å²) in [4.78, 5) is 7.41. The number of H-pyrrole nitrogens is 1. The van der Waals surface area contributed by atoms with E-state index in [1.54, 1.807) is 19.2 Å². The molecule has 0 atom stereocenters. The van der Waals surface area contributed by atoms with E-state index in [0.29, 0.717) is 25.0 Å². The largest absolute Gasteiger partial charge is 0.361 e. The van der Waals surface area contributed by atoms with Crippen LogP contribution in [0.25, 0.3) is 10.9 Å². The van der Waals surface area contributed by atoms with Crippen molar-refractivity contribution in [1.29, 1.82) is 0 Å². The molecule has 0 aliphatic rings. The third-order valence-corrected chi connectivity index (χ3v) is 5.05.